The second-order valence-electron chi connectivity index (χ2n) is 10.0. The van der Waals surface area contributed by atoms with E-state index in [1.54, 1.807) is 48.5 Å². The third-order valence-corrected chi connectivity index (χ3v) is 6.75. The Hall–Kier alpha value is -5.64. The van der Waals surface area contributed by atoms with Gasteiger partial charge in [0.1, 0.15) is 23.2 Å². The smallest absolute Gasteiger partial charge is 0.251 e. The van der Waals surface area contributed by atoms with E-state index in [0.29, 0.717) is 48.6 Å². The van der Waals surface area contributed by atoms with Crippen molar-refractivity contribution in [3.05, 3.63) is 130 Å². The zero-order valence-corrected chi connectivity index (χ0v) is 24.3. The maximum Gasteiger partial charge on any atom is 0.251 e. The number of rotatable bonds is 15. The molecule has 0 atom stereocenters. The molecule has 0 aliphatic heterocycles. The van der Waals surface area contributed by atoms with E-state index in [4.69, 9.17) is 31.8 Å². The van der Waals surface area contributed by atoms with E-state index in [9.17, 15) is 9.59 Å². The number of carbonyl (C=O) groups excluding carboxylic acids is 2. The predicted octanol–water partition coefficient (Wildman–Crippen LogP) is 4.35. The number of hydrogen-bond donors (Lipinski definition) is 6. The molecule has 0 spiro atoms. The Bertz CT molecular complexity index is 1450. The number of hydrogen-bond acceptors (Lipinski definition) is 6. The average Bonchev–Trinajstić information content (AvgIpc) is 3.05. The molecule has 0 saturated heterocycles. The van der Waals surface area contributed by atoms with Gasteiger partial charge in [-0.3, -0.25) is 20.4 Å². The Morgan fingerprint density at radius 2 is 0.841 bits per heavy atom. The summed E-state index contributed by atoms with van der Waals surface area (Å²) in [6.45, 7) is 1.90. The van der Waals surface area contributed by atoms with E-state index in [1.807, 2.05) is 48.5 Å². The van der Waals surface area contributed by atoms with Crippen molar-refractivity contribution in [2.24, 2.45) is 11.5 Å². The minimum absolute atomic E-state index is 0.0347. The highest BCUT2D eigenvalue weighted by molar-refractivity contribution is 5.99. The van der Waals surface area contributed by atoms with Crippen LogP contribution in [0.1, 0.15) is 55.8 Å². The molecular formula is C34H36N6O4. The van der Waals surface area contributed by atoms with Gasteiger partial charge in [0, 0.05) is 35.3 Å². The molecule has 4 aromatic rings. The first-order chi connectivity index (χ1) is 21.3. The molecule has 0 fully saturated rings. The Morgan fingerprint density at radius 3 is 1.16 bits per heavy atom. The molecule has 4 aromatic carbocycles. The molecule has 8 N–H and O–H groups in total. The number of nitrogen functional groups attached to an aromatic ring is 2. The fourth-order valence-corrected chi connectivity index (χ4v) is 4.16. The van der Waals surface area contributed by atoms with Crippen LogP contribution in [-0.2, 0) is 13.1 Å². The quantitative estimate of drug-likeness (QED) is 0.0679. The van der Waals surface area contributed by atoms with Crippen molar-refractivity contribution in [3.8, 4) is 11.5 Å². The summed E-state index contributed by atoms with van der Waals surface area (Å²) in [5, 5.41) is 20.6. The van der Waals surface area contributed by atoms with E-state index in [2.05, 4.69) is 10.6 Å². The molecule has 226 valence electrons. The van der Waals surface area contributed by atoms with Crippen molar-refractivity contribution in [1.29, 1.82) is 10.8 Å². The standard InChI is InChI=1S/C34H36N6O4/c35-31(36)25-7-11-27(12-8-25)33(41)39-21-23-3-15-29(16-4-23)43-19-1-2-20-44-30-17-5-24(6-18-30)22-40-34(42)28-13-9-26(10-14-28)32(37)38/h3-18H,1-2,19-22H2,(H3,35,36)(H3,37,38)(H,39,41)(H,40,42). The molecule has 10 nitrogen and oxygen atoms in total. The van der Waals surface area contributed by atoms with Crippen molar-refractivity contribution in [2.75, 3.05) is 13.2 Å². The van der Waals surface area contributed by atoms with Crippen LogP contribution in [0.4, 0.5) is 0 Å². The van der Waals surface area contributed by atoms with E-state index < -0.39 is 0 Å². The Balaban J connectivity index is 1.08. The van der Waals surface area contributed by atoms with Crippen LogP contribution in [0.3, 0.4) is 0 Å². The molecule has 0 aliphatic carbocycles. The Kier molecular flexibility index (Phi) is 11.1. The van der Waals surface area contributed by atoms with Crippen molar-refractivity contribution in [2.45, 2.75) is 25.9 Å². The first kappa shape index (κ1) is 31.3. The SMILES string of the molecule is N=C(N)c1ccc(C(=O)NCc2ccc(OCCCCOc3ccc(CNC(=O)c4ccc(C(=N)N)cc4)cc3)cc2)cc1. The molecular weight excluding hydrogens is 556 g/mol. The topological polar surface area (TPSA) is 176 Å². The van der Waals surface area contributed by atoms with Gasteiger partial charge < -0.3 is 31.6 Å². The molecule has 10 heteroatoms. The van der Waals surface area contributed by atoms with E-state index >= 15 is 0 Å². The van der Waals surface area contributed by atoms with Gasteiger partial charge in [-0.25, -0.2) is 0 Å². The number of amides is 2. The lowest BCUT2D eigenvalue weighted by molar-refractivity contribution is 0.0943. The first-order valence-corrected chi connectivity index (χ1v) is 14.2. The lowest BCUT2D eigenvalue weighted by Crippen LogP contribution is -2.23. The summed E-state index contributed by atoms with van der Waals surface area (Å²) >= 11 is 0. The predicted molar refractivity (Wildman–Crippen MR) is 170 cm³/mol. The largest absolute Gasteiger partial charge is 0.494 e. The van der Waals surface area contributed by atoms with E-state index in [1.165, 1.54) is 0 Å². The molecule has 0 aromatic heterocycles. The molecule has 0 bridgehead atoms. The molecule has 0 saturated carbocycles. The fraction of sp³-hybridized carbons (Fsp3) is 0.176. The van der Waals surface area contributed by atoms with Crippen LogP contribution < -0.4 is 31.6 Å². The summed E-state index contributed by atoms with van der Waals surface area (Å²) in [5.41, 5.74) is 15.0. The second kappa shape index (κ2) is 15.5. The van der Waals surface area contributed by atoms with Crippen LogP contribution in [0.2, 0.25) is 0 Å². The van der Waals surface area contributed by atoms with Crippen LogP contribution in [0.25, 0.3) is 0 Å². The van der Waals surface area contributed by atoms with E-state index in [0.717, 1.165) is 35.5 Å². The summed E-state index contributed by atoms with van der Waals surface area (Å²) in [4.78, 5) is 24.7. The molecule has 0 radical (unpaired) electrons. The van der Waals surface area contributed by atoms with Crippen molar-refractivity contribution in [3.63, 3.8) is 0 Å². The van der Waals surface area contributed by atoms with Crippen molar-refractivity contribution >= 4 is 23.5 Å². The van der Waals surface area contributed by atoms with Crippen molar-refractivity contribution < 1.29 is 19.1 Å². The molecule has 4 rings (SSSR count). The lowest BCUT2D eigenvalue weighted by atomic mass is 10.1. The first-order valence-electron chi connectivity index (χ1n) is 14.2. The van der Waals surface area contributed by atoms with Crippen LogP contribution in [0.5, 0.6) is 11.5 Å². The highest BCUT2D eigenvalue weighted by Crippen LogP contribution is 2.15. The zero-order valence-electron chi connectivity index (χ0n) is 24.3. The highest BCUT2D eigenvalue weighted by atomic mass is 16.5. The summed E-state index contributed by atoms with van der Waals surface area (Å²) in [6, 6.07) is 28.4. The van der Waals surface area contributed by atoms with Gasteiger partial charge in [0.05, 0.1) is 13.2 Å². The second-order valence-corrected chi connectivity index (χ2v) is 10.0. The number of unbranched alkanes of at least 4 members (excludes halogenated alkanes) is 1. The summed E-state index contributed by atoms with van der Waals surface area (Å²) in [6.07, 6.45) is 1.66. The lowest BCUT2D eigenvalue weighted by Gasteiger charge is -2.10. The average molecular weight is 593 g/mol. The fourth-order valence-electron chi connectivity index (χ4n) is 4.16. The monoisotopic (exact) mass is 592 g/mol. The van der Waals surface area contributed by atoms with Gasteiger partial charge in [0.15, 0.2) is 0 Å². The van der Waals surface area contributed by atoms with Gasteiger partial charge in [0.2, 0.25) is 0 Å². The Labute approximate surface area is 256 Å². The number of amidine groups is 2. The molecule has 44 heavy (non-hydrogen) atoms. The number of benzene rings is 4. The van der Waals surface area contributed by atoms with Crippen molar-refractivity contribution in [1.82, 2.24) is 10.6 Å². The third kappa shape index (κ3) is 9.45. The number of nitrogens with two attached hydrogens (primary N) is 2. The summed E-state index contributed by atoms with van der Waals surface area (Å²) in [7, 11) is 0. The van der Waals surface area contributed by atoms with Gasteiger partial charge in [-0.2, -0.15) is 0 Å². The molecule has 2 amide bonds. The maximum atomic E-state index is 12.4. The van der Waals surface area contributed by atoms with Crippen LogP contribution >= 0.6 is 0 Å². The maximum absolute atomic E-state index is 12.4. The summed E-state index contributed by atoms with van der Waals surface area (Å²) in [5.74, 6) is 1.06. The van der Waals surface area contributed by atoms with Gasteiger partial charge >= 0.3 is 0 Å². The van der Waals surface area contributed by atoms with Gasteiger partial charge in [-0.1, -0.05) is 48.5 Å². The molecule has 0 heterocycles. The summed E-state index contributed by atoms with van der Waals surface area (Å²) < 4.78 is 11.7. The molecule has 0 aliphatic rings. The van der Waals surface area contributed by atoms with Gasteiger partial charge in [-0.05, 0) is 72.5 Å². The normalized spacial score (nSPS) is 10.5. The number of carbonyl (C=O) groups is 2. The number of ether oxygens (including phenoxy) is 2. The zero-order chi connectivity index (χ0) is 31.3. The van der Waals surface area contributed by atoms with E-state index in [-0.39, 0.29) is 23.5 Å². The van der Waals surface area contributed by atoms with Crippen LogP contribution in [-0.4, -0.2) is 36.7 Å². The highest BCUT2D eigenvalue weighted by Gasteiger charge is 2.08. The molecule has 0 unspecified atom stereocenters. The van der Waals surface area contributed by atoms with Gasteiger partial charge in [-0.15, -0.1) is 0 Å². The van der Waals surface area contributed by atoms with Gasteiger partial charge in [0.25, 0.3) is 11.8 Å². The van der Waals surface area contributed by atoms with Crippen LogP contribution in [0.15, 0.2) is 97.1 Å². The minimum atomic E-state index is -0.197. The third-order valence-electron chi connectivity index (χ3n) is 6.75. The minimum Gasteiger partial charge on any atom is -0.494 e. The number of nitrogens with one attached hydrogen (secondary N) is 4. The Morgan fingerprint density at radius 1 is 0.523 bits per heavy atom. The van der Waals surface area contributed by atoms with Crippen LogP contribution in [0, 0.1) is 10.8 Å².